The van der Waals surface area contributed by atoms with E-state index in [-0.39, 0.29) is 0 Å². The molecule has 3 aromatic rings. The van der Waals surface area contributed by atoms with Crippen molar-refractivity contribution in [3.05, 3.63) is 45.3 Å². The van der Waals surface area contributed by atoms with Crippen LogP contribution in [0.3, 0.4) is 0 Å². The molecule has 0 aliphatic rings. The maximum absolute atomic E-state index is 5.79. The van der Waals surface area contributed by atoms with Crippen molar-refractivity contribution in [2.75, 3.05) is 0 Å². The molecule has 0 N–H and O–H groups in total. The summed E-state index contributed by atoms with van der Waals surface area (Å²) >= 11 is 6.92. The average molecular weight is 326 g/mol. The van der Waals surface area contributed by atoms with Crippen LogP contribution in [0, 0.1) is 0 Å². The van der Waals surface area contributed by atoms with Gasteiger partial charge in [0.05, 0.1) is 4.47 Å². The summed E-state index contributed by atoms with van der Waals surface area (Å²) < 4.78 is 7.81. The third-order valence-corrected chi connectivity index (χ3v) is 3.53. The van der Waals surface area contributed by atoms with E-state index >= 15 is 0 Å². The molecule has 3 rings (SSSR count). The Balaban J connectivity index is 2.57. The molecule has 0 spiro atoms. The maximum atomic E-state index is 5.79. The third-order valence-electron chi connectivity index (χ3n) is 2.41. The van der Waals surface area contributed by atoms with E-state index in [1.807, 2.05) is 24.3 Å². The lowest BCUT2D eigenvalue weighted by atomic mass is 10.2. The van der Waals surface area contributed by atoms with Gasteiger partial charge in [0.2, 0.25) is 0 Å². The van der Waals surface area contributed by atoms with E-state index in [1.165, 1.54) is 0 Å². The molecule has 0 atom stereocenters. The second kappa shape index (κ2) is 3.35. The van der Waals surface area contributed by atoms with Gasteiger partial charge in [0.15, 0.2) is 0 Å². The summed E-state index contributed by atoms with van der Waals surface area (Å²) in [6, 6.07) is 12.2. The first kappa shape index (κ1) is 9.43. The van der Waals surface area contributed by atoms with Gasteiger partial charge in [-0.05, 0) is 40.2 Å². The molecule has 0 saturated carbocycles. The standard InChI is InChI=1S/C12H6Br2O/c13-7-4-5-8-9-2-1-3-10(14)12(9)15-11(8)6-7/h1-6H. The third kappa shape index (κ3) is 1.42. The lowest BCUT2D eigenvalue weighted by Gasteiger charge is -1.90. The highest BCUT2D eigenvalue weighted by molar-refractivity contribution is 9.11. The second-order valence-electron chi connectivity index (χ2n) is 3.36. The number of hydrogen-bond acceptors (Lipinski definition) is 1. The predicted molar refractivity (Wildman–Crippen MR) is 69.1 cm³/mol. The molecule has 0 saturated heterocycles. The molecule has 0 amide bonds. The first-order valence-corrected chi connectivity index (χ1v) is 6.10. The second-order valence-corrected chi connectivity index (χ2v) is 5.13. The molecule has 1 aromatic heterocycles. The molecule has 0 bridgehead atoms. The zero-order valence-electron chi connectivity index (χ0n) is 7.63. The van der Waals surface area contributed by atoms with E-state index in [4.69, 9.17) is 4.42 Å². The summed E-state index contributed by atoms with van der Waals surface area (Å²) in [4.78, 5) is 0. The zero-order valence-corrected chi connectivity index (χ0v) is 10.8. The summed E-state index contributed by atoms with van der Waals surface area (Å²) in [5.41, 5.74) is 1.82. The van der Waals surface area contributed by atoms with Crippen molar-refractivity contribution in [1.29, 1.82) is 0 Å². The van der Waals surface area contributed by atoms with Gasteiger partial charge < -0.3 is 4.42 Å². The lowest BCUT2D eigenvalue weighted by molar-refractivity contribution is 0.666. The molecule has 0 unspecified atom stereocenters. The van der Waals surface area contributed by atoms with Gasteiger partial charge in [0.25, 0.3) is 0 Å². The van der Waals surface area contributed by atoms with E-state index in [2.05, 4.69) is 44.0 Å². The summed E-state index contributed by atoms with van der Waals surface area (Å²) in [5, 5.41) is 2.29. The molecular weight excluding hydrogens is 320 g/mol. The number of fused-ring (bicyclic) bond motifs is 3. The highest BCUT2D eigenvalue weighted by atomic mass is 79.9. The highest BCUT2D eigenvalue weighted by Crippen LogP contribution is 2.34. The fourth-order valence-electron chi connectivity index (χ4n) is 1.74. The molecule has 0 aliphatic heterocycles. The average Bonchev–Trinajstić information content (AvgIpc) is 2.57. The van der Waals surface area contributed by atoms with Crippen molar-refractivity contribution in [2.24, 2.45) is 0 Å². The van der Waals surface area contributed by atoms with E-state index < -0.39 is 0 Å². The van der Waals surface area contributed by atoms with Crippen LogP contribution in [0.25, 0.3) is 21.9 Å². The highest BCUT2D eigenvalue weighted by Gasteiger charge is 2.08. The van der Waals surface area contributed by atoms with Crippen molar-refractivity contribution < 1.29 is 4.42 Å². The van der Waals surface area contributed by atoms with Crippen molar-refractivity contribution in [3.8, 4) is 0 Å². The predicted octanol–water partition coefficient (Wildman–Crippen LogP) is 5.11. The summed E-state index contributed by atoms with van der Waals surface area (Å²) in [6.45, 7) is 0. The first-order chi connectivity index (χ1) is 7.25. The molecule has 2 aromatic carbocycles. The minimum atomic E-state index is 0.908. The Kier molecular flexibility index (Phi) is 2.11. The molecule has 0 fully saturated rings. The number of rotatable bonds is 0. The Morgan fingerprint density at radius 2 is 1.80 bits per heavy atom. The van der Waals surface area contributed by atoms with E-state index in [0.29, 0.717) is 0 Å². The number of para-hydroxylation sites is 1. The molecule has 0 aliphatic carbocycles. The van der Waals surface area contributed by atoms with Gasteiger partial charge in [-0.15, -0.1) is 0 Å². The van der Waals surface area contributed by atoms with Crippen molar-refractivity contribution in [2.45, 2.75) is 0 Å². The number of hydrogen-bond donors (Lipinski definition) is 0. The number of halogens is 2. The van der Waals surface area contributed by atoms with Gasteiger partial charge in [-0.1, -0.05) is 28.1 Å². The smallest absolute Gasteiger partial charge is 0.149 e. The van der Waals surface area contributed by atoms with E-state index in [9.17, 15) is 0 Å². The molecule has 0 radical (unpaired) electrons. The van der Waals surface area contributed by atoms with E-state index in [1.54, 1.807) is 0 Å². The maximum Gasteiger partial charge on any atom is 0.149 e. The van der Waals surface area contributed by atoms with Crippen LogP contribution in [0.1, 0.15) is 0 Å². The molecule has 15 heavy (non-hydrogen) atoms. The lowest BCUT2D eigenvalue weighted by Crippen LogP contribution is -1.67. The first-order valence-electron chi connectivity index (χ1n) is 4.52. The minimum absolute atomic E-state index is 0.908. The van der Waals surface area contributed by atoms with E-state index in [0.717, 1.165) is 30.9 Å². The fraction of sp³-hybridized carbons (Fsp3) is 0. The van der Waals surface area contributed by atoms with Gasteiger partial charge in [-0.2, -0.15) is 0 Å². The van der Waals surface area contributed by atoms with Crippen LogP contribution < -0.4 is 0 Å². The monoisotopic (exact) mass is 324 g/mol. The van der Waals surface area contributed by atoms with Gasteiger partial charge in [0.1, 0.15) is 11.2 Å². The Bertz CT molecular complexity index is 655. The van der Waals surface area contributed by atoms with Crippen LogP contribution in [0.2, 0.25) is 0 Å². The minimum Gasteiger partial charge on any atom is -0.455 e. The fourth-order valence-corrected chi connectivity index (χ4v) is 2.52. The van der Waals surface area contributed by atoms with Crippen molar-refractivity contribution in [1.82, 2.24) is 0 Å². The molecule has 3 heteroatoms. The number of furan rings is 1. The molecule has 1 heterocycles. The Morgan fingerprint density at radius 3 is 2.67 bits per heavy atom. The Morgan fingerprint density at radius 1 is 0.933 bits per heavy atom. The Hall–Kier alpha value is -0.800. The van der Waals surface area contributed by atoms with Crippen molar-refractivity contribution >= 4 is 53.8 Å². The Labute approximate surface area is 103 Å². The van der Waals surface area contributed by atoms with Gasteiger partial charge in [-0.3, -0.25) is 0 Å². The largest absolute Gasteiger partial charge is 0.455 e. The van der Waals surface area contributed by atoms with Crippen LogP contribution in [-0.2, 0) is 0 Å². The molecule has 1 nitrogen and oxygen atoms in total. The molecular formula is C12H6Br2O. The summed E-state index contributed by atoms with van der Waals surface area (Å²) in [7, 11) is 0. The van der Waals surface area contributed by atoms with Crippen LogP contribution in [0.4, 0.5) is 0 Å². The van der Waals surface area contributed by atoms with Crippen LogP contribution in [-0.4, -0.2) is 0 Å². The van der Waals surface area contributed by atoms with Crippen LogP contribution >= 0.6 is 31.9 Å². The topological polar surface area (TPSA) is 13.1 Å². The van der Waals surface area contributed by atoms with Gasteiger partial charge >= 0.3 is 0 Å². The zero-order chi connectivity index (χ0) is 10.4. The normalized spacial score (nSPS) is 11.3. The van der Waals surface area contributed by atoms with Gasteiger partial charge in [0, 0.05) is 15.2 Å². The quantitative estimate of drug-likeness (QED) is 0.559. The SMILES string of the molecule is Brc1ccc2c(c1)oc1c(Br)cccc12. The van der Waals surface area contributed by atoms with Gasteiger partial charge in [-0.25, -0.2) is 0 Å². The van der Waals surface area contributed by atoms with Crippen LogP contribution in [0.5, 0.6) is 0 Å². The summed E-state index contributed by atoms with van der Waals surface area (Å²) in [6.07, 6.45) is 0. The molecule has 74 valence electrons. The summed E-state index contributed by atoms with van der Waals surface area (Å²) in [5.74, 6) is 0. The van der Waals surface area contributed by atoms with Crippen molar-refractivity contribution in [3.63, 3.8) is 0 Å². The number of benzene rings is 2. The van der Waals surface area contributed by atoms with Crippen LogP contribution in [0.15, 0.2) is 49.8 Å².